The summed E-state index contributed by atoms with van der Waals surface area (Å²) in [5, 5.41) is 9.88. The molecule has 0 unspecified atom stereocenters. The average molecular weight is 400 g/mol. The maximum atomic E-state index is 13.6. The van der Waals surface area contributed by atoms with Gasteiger partial charge in [0.05, 0.1) is 11.4 Å². The van der Waals surface area contributed by atoms with Crippen molar-refractivity contribution in [3.63, 3.8) is 0 Å². The standard InChI is InChI=1S/C18H11F3N6O2/c19-10-1-4-12(5-2-10)27-17-16(24-25-27)18(29)26(9-22-17)8-15(28)23-14-6-3-11(20)7-13(14)21/h1-7,9H,8H2,(H,23,28). The number of carbonyl (C=O) groups excluding carboxylic acids is 1. The number of hydrogen-bond donors (Lipinski definition) is 1. The van der Waals surface area contributed by atoms with Crippen LogP contribution in [-0.2, 0) is 11.3 Å². The van der Waals surface area contributed by atoms with Crippen LogP contribution in [0.5, 0.6) is 0 Å². The molecule has 0 aliphatic carbocycles. The van der Waals surface area contributed by atoms with E-state index in [2.05, 4.69) is 20.6 Å². The molecule has 8 nitrogen and oxygen atoms in total. The van der Waals surface area contributed by atoms with Crippen LogP contribution in [0.3, 0.4) is 0 Å². The first-order valence-electron chi connectivity index (χ1n) is 8.24. The summed E-state index contributed by atoms with van der Waals surface area (Å²) in [6, 6.07) is 8.03. The Morgan fingerprint density at radius 2 is 1.76 bits per heavy atom. The van der Waals surface area contributed by atoms with E-state index < -0.39 is 35.5 Å². The van der Waals surface area contributed by atoms with Gasteiger partial charge >= 0.3 is 0 Å². The van der Waals surface area contributed by atoms with E-state index in [0.29, 0.717) is 11.8 Å². The van der Waals surface area contributed by atoms with Crippen LogP contribution in [0.1, 0.15) is 0 Å². The zero-order valence-corrected chi connectivity index (χ0v) is 14.5. The molecule has 0 aliphatic rings. The van der Waals surface area contributed by atoms with Crippen molar-refractivity contribution in [2.45, 2.75) is 6.54 Å². The molecule has 2 aromatic carbocycles. The predicted octanol–water partition coefficient (Wildman–Crippen LogP) is 2.03. The molecule has 146 valence electrons. The van der Waals surface area contributed by atoms with Crippen LogP contribution in [0, 0.1) is 17.5 Å². The Hall–Kier alpha value is -4.02. The molecule has 0 aliphatic heterocycles. The fourth-order valence-electron chi connectivity index (χ4n) is 2.65. The minimum Gasteiger partial charge on any atom is -0.322 e. The lowest BCUT2D eigenvalue weighted by Gasteiger charge is -2.08. The number of anilines is 1. The van der Waals surface area contributed by atoms with E-state index in [0.717, 1.165) is 23.0 Å². The molecule has 0 atom stereocenters. The summed E-state index contributed by atoms with van der Waals surface area (Å²) in [7, 11) is 0. The van der Waals surface area contributed by atoms with Gasteiger partial charge in [-0.2, -0.15) is 4.68 Å². The van der Waals surface area contributed by atoms with Crippen LogP contribution < -0.4 is 10.9 Å². The lowest BCUT2D eigenvalue weighted by atomic mass is 10.3. The molecule has 0 spiro atoms. The number of nitrogens with zero attached hydrogens (tertiary/aromatic N) is 5. The molecule has 1 N–H and O–H groups in total. The number of benzene rings is 2. The van der Waals surface area contributed by atoms with Crippen molar-refractivity contribution in [2.24, 2.45) is 0 Å². The Morgan fingerprint density at radius 1 is 1.03 bits per heavy atom. The maximum Gasteiger partial charge on any atom is 0.284 e. The van der Waals surface area contributed by atoms with Gasteiger partial charge in [-0.1, -0.05) is 5.21 Å². The number of amides is 1. The smallest absolute Gasteiger partial charge is 0.284 e. The SMILES string of the molecule is O=C(Cn1cnc2c(nnn2-c2ccc(F)cc2)c1=O)Nc1ccc(F)cc1F. The van der Waals surface area contributed by atoms with Crippen molar-refractivity contribution in [3.8, 4) is 5.69 Å². The van der Waals surface area contributed by atoms with Crippen molar-refractivity contribution in [1.29, 1.82) is 0 Å². The van der Waals surface area contributed by atoms with Crippen LogP contribution >= 0.6 is 0 Å². The van der Waals surface area contributed by atoms with Gasteiger partial charge in [0.15, 0.2) is 11.2 Å². The third-order valence-electron chi connectivity index (χ3n) is 4.02. The summed E-state index contributed by atoms with van der Waals surface area (Å²) in [6.07, 6.45) is 1.12. The predicted molar refractivity (Wildman–Crippen MR) is 95.9 cm³/mol. The normalized spacial score (nSPS) is 11.0. The van der Waals surface area contributed by atoms with Crippen molar-refractivity contribution < 1.29 is 18.0 Å². The zero-order chi connectivity index (χ0) is 20.5. The molecule has 0 bridgehead atoms. The van der Waals surface area contributed by atoms with Crippen molar-refractivity contribution in [2.75, 3.05) is 5.32 Å². The fourth-order valence-corrected chi connectivity index (χ4v) is 2.65. The van der Waals surface area contributed by atoms with E-state index in [1.165, 1.54) is 28.9 Å². The Morgan fingerprint density at radius 3 is 2.48 bits per heavy atom. The first kappa shape index (κ1) is 18.3. The van der Waals surface area contributed by atoms with Crippen LogP contribution in [0.25, 0.3) is 16.9 Å². The summed E-state index contributed by atoms with van der Waals surface area (Å²) in [4.78, 5) is 28.8. The summed E-state index contributed by atoms with van der Waals surface area (Å²) in [5.41, 5.74) is -0.387. The molecule has 4 aromatic rings. The summed E-state index contributed by atoms with van der Waals surface area (Å²) in [5.74, 6) is -2.88. The quantitative estimate of drug-likeness (QED) is 0.566. The van der Waals surface area contributed by atoms with Crippen LogP contribution in [0.4, 0.5) is 18.9 Å². The monoisotopic (exact) mass is 400 g/mol. The van der Waals surface area contributed by atoms with Crippen molar-refractivity contribution >= 4 is 22.8 Å². The summed E-state index contributed by atoms with van der Waals surface area (Å²) >= 11 is 0. The average Bonchev–Trinajstić information content (AvgIpc) is 3.12. The third kappa shape index (κ3) is 3.57. The molecule has 0 saturated carbocycles. The van der Waals surface area contributed by atoms with Gasteiger partial charge < -0.3 is 5.32 Å². The highest BCUT2D eigenvalue weighted by Gasteiger charge is 2.15. The maximum absolute atomic E-state index is 13.6. The molecule has 0 radical (unpaired) electrons. The first-order chi connectivity index (χ1) is 13.9. The molecule has 1 amide bonds. The van der Waals surface area contributed by atoms with Crippen molar-refractivity contribution in [3.05, 3.63) is 76.6 Å². The van der Waals surface area contributed by atoms with Gasteiger partial charge in [-0.25, -0.2) is 18.2 Å². The zero-order valence-electron chi connectivity index (χ0n) is 14.5. The lowest BCUT2D eigenvalue weighted by Crippen LogP contribution is -2.28. The second kappa shape index (κ2) is 7.19. The Bertz CT molecular complexity index is 1280. The van der Waals surface area contributed by atoms with E-state index in [1.54, 1.807) is 0 Å². The van der Waals surface area contributed by atoms with Gasteiger partial charge in [-0.05, 0) is 36.4 Å². The highest BCUT2D eigenvalue weighted by molar-refractivity contribution is 5.90. The number of fused-ring (bicyclic) bond motifs is 1. The highest BCUT2D eigenvalue weighted by atomic mass is 19.1. The van der Waals surface area contributed by atoms with Gasteiger partial charge in [-0.3, -0.25) is 14.2 Å². The fraction of sp³-hybridized carbons (Fsp3) is 0.0556. The molecule has 4 rings (SSSR count). The highest BCUT2D eigenvalue weighted by Crippen LogP contribution is 2.15. The Labute approximate surface area is 160 Å². The van der Waals surface area contributed by atoms with E-state index in [4.69, 9.17) is 0 Å². The molecular weight excluding hydrogens is 389 g/mol. The number of halogens is 3. The summed E-state index contributed by atoms with van der Waals surface area (Å²) in [6.45, 7) is -0.470. The van der Waals surface area contributed by atoms with Gasteiger partial charge in [0.25, 0.3) is 5.56 Å². The molecular formula is C18H11F3N6O2. The molecule has 11 heteroatoms. The number of aromatic nitrogens is 5. The van der Waals surface area contributed by atoms with Gasteiger partial charge in [0.2, 0.25) is 5.91 Å². The number of rotatable bonds is 4. The topological polar surface area (TPSA) is 94.7 Å². The molecule has 0 fully saturated rings. The largest absolute Gasteiger partial charge is 0.322 e. The molecule has 29 heavy (non-hydrogen) atoms. The second-order valence-corrected chi connectivity index (χ2v) is 6.00. The van der Waals surface area contributed by atoms with Gasteiger partial charge in [0, 0.05) is 6.07 Å². The Kier molecular flexibility index (Phi) is 4.55. The Balaban J connectivity index is 1.60. The number of hydrogen-bond acceptors (Lipinski definition) is 5. The van der Waals surface area contributed by atoms with Crippen molar-refractivity contribution in [1.82, 2.24) is 24.5 Å². The summed E-state index contributed by atoms with van der Waals surface area (Å²) < 4.78 is 41.9. The van der Waals surface area contributed by atoms with E-state index in [9.17, 15) is 22.8 Å². The minimum absolute atomic E-state index is 0.0995. The minimum atomic E-state index is -0.943. The van der Waals surface area contributed by atoms with Gasteiger partial charge in [0.1, 0.15) is 30.3 Å². The van der Waals surface area contributed by atoms with Crippen LogP contribution in [0.15, 0.2) is 53.6 Å². The number of carbonyl (C=O) groups is 1. The van der Waals surface area contributed by atoms with E-state index in [1.807, 2.05) is 0 Å². The van der Waals surface area contributed by atoms with Crippen LogP contribution in [0.2, 0.25) is 0 Å². The third-order valence-corrected chi connectivity index (χ3v) is 4.02. The lowest BCUT2D eigenvalue weighted by molar-refractivity contribution is -0.116. The van der Waals surface area contributed by atoms with Gasteiger partial charge in [-0.15, -0.1) is 5.10 Å². The number of nitrogens with one attached hydrogen (secondary N) is 1. The molecule has 2 heterocycles. The van der Waals surface area contributed by atoms with E-state index >= 15 is 0 Å². The molecule has 0 saturated heterocycles. The van der Waals surface area contributed by atoms with Crippen LogP contribution in [-0.4, -0.2) is 30.5 Å². The molecule has 2 aromatic heterocycles. The van der Waals surface area contributed by atoms with E-state index in [-0.39, 0.29) is 16.9 Å². The first-order valence-corrected chi connectivity index (χ1v) is 8.24. The second-order valence-electron chi connectivity index (χ2n) is 6.00.